The number of halogens is 1. The van der Waals surface area contributed by atoms with E-state index < -0.39 is 11.7 Å². The van der Waals surface area contributed by atoms with Crippen LogP contribution >= 0.6 is 11.6 Å². The number of nitrogens with zero attached hydrogens (tertiary/aromatic N) is 1. The molecule has 3 nitrogen and oxygen atoms in total. The van der Waals surface area contributed by atoms with Gasteiger partial charge in [0.15, 0.2) is 0 Å². The van der Waals surface area contributed by atoms with Gasteiger partial charge in [0.2, 0.25) is 0 Å². The van der Waals surface area contributed by atoms with Gasteiger partial charge in [-0.1, -0.05) is 30.5 Å². The zero-order valence-electron chi connectivity index (χ0n) is 11.6. The van der Waals surface area contributed by atoms with Crippen molar-refractivity contribution in [3.05, 3.63) is 28.8 Å². The smallest absolute Gasteiger partial charge is 0.0821 e. The lowest BCUT2D eigenvalue weighted by Gasteiger charge is -2.30. The molecule has 1 atom stereocenters. The molecule has 0 unspecified atom stereocenters. The number of anilines is 1. The second-order valence-corrected chi connectivity index (χ2v) is 6.08. The fourth-order valence-corrected chi connectivity index (χ4v) is 3.14. The molecule has 1 aliphatic rings. The van der Waals surface area contributed by atoms with Crippen LogP contribution < -0.4 is 4.90 Å². The summed E-state index contributed by atoms with van der Waals surface area (Å²) in [7, 11) is 1.94. The molecule has 0 aromatic heterocycles. The van der Waals surface area contributed by atoms with E-state index in [-0.39, 0.29) is 0 Å². The molecule has 1 aromatic rings. The first-order valence-electron chi connectivity index (χ1n) is 6.82. The molecule has 2 N–H and O–H groups in total. The number of likely N-dealkylation sites (N-methyl/N-ethyl adjacent to an activating group) is 1. The molecule has 0 amide bonds. The van der Waals surface area contributed by atoms with Gasteiger partial charge in [-0.2, -0.15) is 0 Å². The molecule has 0 heterocycles. The highest BCUT2D eigenvalue weighted by Gasteiger charge is 2.32. The van der Waals surface area contributed by atoms with Gasteiger partial charge in [-0.05, 0) is 37.5 Å². The van der Waals surface area contributed by atoms with Crippen LogP contribution in [-0.2, 0) is 0 Å². The molecule has 106 valence electrons. The van der Waals surface area contributed by atoms with Crippen LogP contribution in [0.5, 0.6) is 0 Å². The van der Waals surface area contributed by atoms with E-state index in [1.165, 1.54) is 0 Å². The molecule has 1 aliphatic carbocycles. The van der Waals surface area contributed by atoms with Crippen LogP contribution in [0.3, 0.4) is 0 Å². The van der Waals surface area contributed by atoms with Crippen molar-refractivity contribution in [3.8, 4) is 0 Å². The minimum atomic E-state index is -0.582. The lowest BCUT2D eigenvalue weighted by atomic mass is 10.0. The second kappa shape index (κ2) is 5.70. The third-order valence-electron chi connectivity index (χ3n) is 3.93. The van der Waals surface area contributed by atoms with Crippen LogP contribution in [0.25, 0.3) is 0 Å². The highest BCUT2D eigenvalue weighted by atomic mass is 35.5. The summed E-state index contributed by atoms with van der Waals surface area (Å²) < 4.78 is 0. The minimum Gasteiger partial charge on any atom is -0.389 e. The SMILES string of the molecule is C[C@H](O)c1ccc(N(C)CC2(O)CCCC2)c(Cl)c1. The molecule has 0 radical (unpaired) electrons. The molecule has 4 heteroatoms. The van der Waals surface area contributed by atoms with E-state index >= 15 is 0 Å². The van der Waals surface area contributed by atoms with Crippen molar-refractivity contribution in [3.63, 3.8) is 0 Å². The van der Waals surface area contributed by atoms with Crippen LogP contribution in [-0.4, -0.2) is 29.4 Å². The van der Waals surface area contributed by atoms with Crippen molar-refractivity contribution in [2.24, 2.45) is 0 Å². The van der Waals surface area contributed by atoms with Gasteiger partial charge < -0.3 is 15.1 Å². The highest BCUT2D eigenvalue weighted by molar-refractivity contribution is 6.33. The summed E-state index contributed by atoms with van der Waals surface area (Å²) >= 11 is 6.26. The predicted molar refractivity (Wildman–Crippen MR) is 78.8 cm³/mol. The number of benzene rings is 1. The number of hydrogen-bond donors (Lipinski definition) is 2. The van der Waals surface area contributed by atoms with E-state index in [1.54, 1.807) is 13.0 Å². The summed E-state index contributed by atoms with van der Waals surface area (Å²) in [5.74, 6) is 0. The zero-order valence-corrected chi connectivity index (χ0v) is 12.3. The van der Waals surface area contributed by atoms with Crippen LogP contribution in [0, 0.1) is 0 Å². The number of rotatable bonds is 4. The Morgan fingerprint density at radius 2 is 2.00 bits per heavy atom. The van der Waals surface area contributed by atoms with Gasteiger partial charge in [-0.25, -0.2) is 0 Å². The largest absolute Gasteiger partial charge is 0.389 e. The lowest BCUT2D eigenvalue weighted by molar-refractivity contribution is 0.0559. The van der Waals surface area contributed by atoms with E-state index in [2.05, 4.69) is 0 Å². The van der Waals surface area contributed by atoms with E-state index in [1.807, 2.05) is 24.1 Å². The molecular formula is C15H22ClNO2. The first-order chi connectivity index (χ1) is 8.91. The van der Waals surface area contributed by atoms with Gasteiger partial charge in [-0.3, -0.25) is 0 Å². The maximum atomic E-state index is 10.4. The first-order valence-corrected chi connectivity index (χ1v) is 7.20. The monoisotopic (exact) mass is 283 g/mol. The van der Waals surface area contributed by atoms with Gasteiger partial charge in [0.1, 0.15) is 0 Å². The standard InChI is InChI=1S/C15H22ClNO2/c1-11(18)12-5-6-14(13(16)9-12)17(2)10-15(19)7-3-4-8-15/h5-6,9,11,18-19H,3-4,7-8,10H2,1-2H3/t11-/m0/s1. The normalized spacial score (nSPS) is 19.4. The number of aliphatic hydroxyl groups excluding tert-OH is 1. The van der Waals surface area contributed by atoms with E-state index in [4.69, 9.17) is 11.6 Å². The summed E-state index contributed by atoms with van der Waals surface area (Å²) in [6.45, 7) is 2.32. The van der Waals surface area contributed by atoms with Crippen LogP contribution in [0.2, 0.25) is 5.02 Å². The van der Waals surface area contributed by atoms with Gasteiger partial charge in [0, 0.05) is 13.6 Å². The Balaban J connectivity index is 2.12. The summed E-state index contributed by atoms with van der Waals surface area (Å²) in [5.41, 5.74) is 1.12. The quantitative estimate of drug-likeness (QED) is 0.892. The van der Waals surface area contributed by atoms with Crippen molar-refractivity contribution in [1.82, 2.24) is 0 Å². The fourth-order valence-electron chi connectivity index (χ4n) is 2.81. The van der Waals surface area contributed by atoms with Gasteiger partial charge in [-0.15, -0.1) is 0 Å². The Hall–Kier alpha value is -0.770. The summed E-state index contributed by atoms with van der Waals surface area (Å²) in [6, 6.07) is 5.57. The van der Waals surface area contributed by atoms with Crippen LogP contribution in [0.4, 0.5) is 5.69 Å². The topological polar surface area (TPSA) is 43.7 Å². The van der Waals surface area contributed by atoms with Crippen LogP contribution in [0.1, 0.15) is 44.3 Å². The van der Waals surface area contributed by atoms with Gasteiger partial charge in [0.05, 0.1) is 22.4 Å². The molecule has 1 fully saturated rings. The van der Waals surface area contributed by atoms with Gasteiger partial charge in [0.25, 0.3) is 0 Å². The molecule has 0 saturated heterocycles. The lowest BCUT2D eigenvalue weighted by Crippen LogP contribution is -2.39. The molecule has 0 aliphatic heterocycles. The molecular weight excluding hydrogens is 262 g/mol. The maximum Gasteiger partial charge on any atom is 0.0821 e. The van der Waals surface area contributed by atoms with E-state index in [9.17, 15) is 10.2 Å². The molecule has 1 aromatic carbocycles. The Morgan fingerprint density at radius 3 is 2.53 bits per heavy atom. The average Bonchev–Trinajstić information content (AvgIpc) is 2.75. The maximum absolute atomic E-state index is 10.4. The summed E-state index contributed by atoms with van der Waals surface area (Å²) in [5, 5.41) is 20.6. The number of aliphatic hydroxyl groups is 2. The van der Waals surface area contributed by atoms with Crippen molar-refractivity contribution in [1.29, 1.82) is 0 Å². The van der Waals surface area contributed by atoms with Crippen molar-refractivity contribution < 1.29 is 10.2 Å². The second-order valence-electron chi connectivity index (χ2n) is 5.67. The summed E-state index contributed by atoms with van der Waals surface area (Å²) in [4.78, 5) is 2.00. The average molecular weight is 284 g/mol. The third-order valence-corrected chi connectivity index (χ3v) is 4.23. The van der Waals surface area contributed by atoms with Crippen LogP contribution in [0.15, 0.2) is 18.2 Å². The Labute approximate surface area is 119 Å². The fraction of sp³-hybridized carbons (Fsp3) is 0.600. The predicted octanol–water partition coefficient (Wildman–Crippen LogP) is 3.13. The zero-order chi connectivity index (χ0) is 14.0. The van der Waals surface area contributed by atoms with Crippen molar-refractivity contribution >= 4 is 17.3 Å². The number of hydrogen-bond acceptors (Lipinski definition) is 3. The molecule has 19 heavy (non-hydrogen) atoms. The Kier molecular flexibility index (Phi) is 4.39. The molecule has 0 bridgehead atoms. The van der Waals surface area contributed by atoms with E-state index in [0.717, 1.165) is 36.9 Å². The Morgan fingerprint density at radius 1 is 1.37 bits per heavy atom. The van der Waals surface area contributed by atoms with Crippen molar-refractivity contribution in [2.75, 3.05) is 18.5 Å². The molecule has 2 rings (SSSR count). The van der Waals surface area contributed by atoms with Gasteiger partial charge >= 0.3 is 0 Å². The minimum absolute atomic E-state index is 0.518. The highest BCUT2D eigenvalue weighted by Crippen LogP contribution is 2.34. The molecule has 1 saturated carbocycles. The van der Waals surface area contributed by atoms with E-state index in [0.29, 0.717) is 11.6 Å². The first kappa shape index (κ1) is 14.6. The Bertz CT molecular complexity index is 442. The summed E-state index contributed by atoms with van der Waals surface area (Å²) in [6.07, 6.45) is 3.40. The van der Waals surface area contributed by atoms with Crippen molar-refractivity contribution in [2.45, 2.75) is 44.3 Å². The molecule has 0 spiro atoms. The third kappa shape index (κ3) is 3.41.